The lowest BCUT2D eigenvalue weighted by atomic mass is 10.1. The van der Waals surface area contributed by atoms with Crippen LogP contribution in [0.5, 0.6) is 0 Å². The Labute approximate surface area is 108 Å². The smallest absolute Gasteiger partial charge is 0.277 e. The van der Waals surface area contributed by atoms with Crippen molar-refractivity contribution in [3.63, 3.8) is 0 Å². The first-order valence-corrected chi connectivity index (χ1v) is 7.21. The lowest BCUT2D eigenvalue weighted by molar-refractivity contribution is 0.0997. The third-order valence-electron chi connectivity index (χ3n) is 2.20. The maximum absolute atomic E-state index is 11.7. The summed E-state index contributed by atoms with van der Waals surface area (Å²) in [5, 5.41) is 0. The summed E-state index contributed by atoms with van der Waals surface area (Å²) in [4.78, 5) is 11.7. The molecule has 0 spiro atoms. The fourth-order valence-corrected chi connectivity index (χ4v) is 2.19. The number of carbonyl (C=O) groups is 1. The van der Waals surface area contributed by atoms with Crippen LogP contribution < -0.4 is 9.44 Å². The van der Waals surface area contributed by atoms with E-state index in [0.717, 1.165) is 0 Å². The van der Waals surface area contributed by atoms with Gasteiger partial charge in [-0.2, -0.15) is 13.1 Å². The van der Waals surface area contributed by atoms with Crippen LogP contribution in [0.2, 0.25) is 0 Å². The third kappa shape index (κ3) is 5.39. The Balaban J connectivity index is 2.48. The highest BCUT2D eigenvalue weighted by Crippen LogP contribution is 1.99. The molecule has 0 aliphatic rings. The van der Waals surface area contributed by atoms with Crippen molar-refractivity contribution in [3.8, 4) is 0 Å². The van der Waals surface area contributed by atoms with Gasteiger partial charge in [0.05, 0.1) is 6.54 Å². The highest BCUT2D eigenvalue weighted by molar-refractivity contribution is 7.87. The molecular formula is C12H18N2O3S. The first-order chi connectivity index (χ1) is 8.41. The van der Waals surface area contributed by atoms with Gasteiger partial charge in [0.1, 0.15) is 0 Å². The second-order valence-corrected chi connectivity index (χ2v) is 5.94. The average molecular weight is 270 g/mol. The van der Waals surface area contributed by atoms with E-state index < -0.39 is 10.2 Å². The molecule has 0 saturated heterocycles. The molecule has 0 saturated carbocycles. The van der Waals surface area contributed by atoms with E-state index in [1.165, 1.54) is 0 Å². The Kier molecular flexibility index (Phi) is 5.46. The van der Waals surface area contributed by atoms with Gasteiger partial charge in [-0.25, -0.2) is 4.72 Å². The fourth-order valence-electron chi connectivity index (χ4n) is 1.21. The quantitative estimate of drug-likeness (QED) is 0.724. The van der Waals surface area contributed by atoms with Crippen LogP contribution in [0.15, 0.2) is 30.3 Å². The Morgan fingerprint density at radius 1 is 1.17 bits per heavy atom. The van der Waals surface area contributed by atoms with Crippen LogP contribution in [0.4, 0.5) is 0 Å². The Hall–Kier alpha value is -1.24. The highest BCUT2D eigenvalue weighted by atomic mass is 32.2. The van der Waals surface area contributed by atoms with Crippen LogP contribution in [0.1, 0.15) is 24.2 Å². The number of Topliss-reactive ketones (excluding diaryl/α,β-unsaturated/α-hetero) is 1. The Morgan fingerprint density at radius 2 is 1.78 bits per heavy atom. The van der Waals surface area contributed by atoms with Crippen LogP contribution in [0.25, 0.3) is 0 Å². The largest absolute Gasteiger partial charge is 0.293 e. The van der Waals surface area contributed by atoms with Crippen LogP contribution in [-0.2, 0) is 10.2 Å². The maximum atomic E-state index is 11.7. The van der Waals surface area contributed by atoms with Gasteiger partial charge in [-0.15, -0.1) is 0 Å². The maximum Gasteiger partial charge on any atom is 0.277 e. The topological polar surface area (TPSA) is 75.3 Å². The van der Waals surface area contributed by atoms with E-state index in [2.05, 4.69) is 9.44 Å². The molecule has 5 nitrogen and oxygen atoms in total. The van der Waals surface area contributed by atoms with E-state index in [9.17, 15) is 13.2 Å². The Bertz CT molecular complexity index is 483. The number of hydrogen-bond acceptors (Lipinski definition) is 3. The molecule has 0 bridgehead atoms. The molecule has 0 unspecified atom stereocenters. The first kappa shape index (κ1) is 14.8. The summed E-state index contributed by atoms with van der Waals surface area (Å²) in [6, 6.07) is 8.57. The van der Waals surface area contributed by atoms with Crippen LogP contribution in [0.3, 0.4) is 0 Å². The predicted octanol–water partition coefficient (Wildman–Crippen LogP) is 0.949. The van der Waals surface area contributed by atoms with Gasteiger partial charge >= 0.3 is 0 Å². The zero-order chi connectivity index (χ0) is 13.6. The van der Waals surface area contributed by atoms with Gasteiger partial charge < -0.3 is 0 Å². The lowest BCUT2D eigenvalue weighted by Gasteiger charge is -2.09. The summed E-state index contributed by atoms with van der Waals surface area (Å²) in [7, 11) is -3.60. The summed E-state index contributed by atoms with van der Waals surface area (Å²) in [6.45, 7) is 3.90. The molecule has 1 aromatic carbocycles. The van der Waals surface area contributed by atoms with Crippen molar-refractivity contribution in [1.29, 1.82) is 0 Å². The number of hydrogen-bond donors (Lipinski definition) is 2. The molecular weight excluding hydrogens is 252 g/mol. The summed E-state index contributed by atoms with van der Waals surface area (Å²) in [6.07, 6.45) is 0. The SMILES string of the molecule is CC(C)CNS(=O)(=O)NCC(=O)c1ccccc1. The molecule has 1 rings (SSSR count). The molecule has 0 aliphatic heterocycles. The molecule has 0 heterocycles. The van der Waals surface area contributed by atoms with E-state index in [4.69, 9.17) is 0 Å². The molecule has 0 radical (unpaired) electrons. The van der Waals surface area contributed by atoms with E-state index in [1.54, 1.807) is 30.3 Å². The summed E-state index contributed by atoms with van der Waals surface area (Å²) in [5.41, 5.74) is 0.490. The van der Waals surface area contributed by atoms with Gasteiger partial charge in [-0.05, 0) is 5.92 Å². The molecule has 6 heteroatoms. The minimum absolute atomic E-state index is 0.214. The van der Waals surface area contributed by atoms with Gasteiger partial charge in [0.15, 0.2) is 5.78 Å². The van der Waals surface area contributed by atoms with Gasteiger partial charge in [-0.1, -0.05) is 44.2 Å². The molecule has 0 aliphatic carbocycles. The fraction of sp³-hybridized carbons (Fsp3) is 0.417. The van der Waals surface area contributed by atoms with Crippen molar-refractivity contribution < 1.29 is 13.2 Å². The molecule has 0 atom stereocenters. The summed E-state index contributed by atoms with van der Waals surface area (Å²) in [5.74, 6) is -0.0445. The molecule has 100 valence electrons. The van der Waals surface area contributed by atoms with Crippen molar-refractivity contribution in [2.75, 3.05) is 13.1 Å². The van der Waals surface area contributed by atoms with Gasteiger partial charge in [0.2, 0.25) is 0 Å². The van der Waals surface area contributed by atoms with Crippen molar-refractivity contribution in [2.24, 2.45) is 5.92 Å². The van der Waals surface area contributed by atoms with Crippen molar-refractivity contribution in [3.05, 3.63) is 35.9 Å². The molecule has 2 N–H and O–H groups in total. The average Bonchev–Trinajstić information content (AvgIpc) is 2.35. The lowest BCUT2D eigenvalue weighted by Crippen LogP contribution is -2.40. The monoisotopic (exact) mass is 270 g/mol. The molecule has 1 aromatic rings. The second kappa shape index (κ2) is 6.63. The molecule has 18 heavy (non-hydrogen) atoms. The number of ketones is 1. The van der Waals surface area contributed by atoms with Gasteiger partial charge in [0.25, 0.3) is 10.2 Å². The summed E-state index contributed by atoms with van der Waals surface area (Å²) < 4.78 is 27.6. The van der Waals surface area contributed by atoms with Crippen LogP contribution >= 0.6 is 0 Å². The van der Waals surface area contributed by atoms with Gasteiger partial charge in [0, 0.05) is 12.1 Å². The van der Waals surface area contributed by atoms with E-state index in [1.807, 2.05) is 13.8 Å². The van der Waals surface area contributed by atoms with Crippen molar-refractivity contribution in [2.45, 2.75) is 13.8 Å². The highest BCUT2D eigenvalue weighted by Gasteiger charge is 2.12. The zero-order valence-electron chi connectivity index (χ0n) is 10.5. The van der Waals surface area contributed by atoms with Crippen molar-refractivity contribution in [1.82, 2.24) is 9.44 Å². The van der Waals surface area contributed by atoms with Crippen molar-refractivity contribution >= 4 is 16.0 Å². The van der Waals surface area contributed by atoms with Crippen LogP contribution in [0, 0.1) is 5.92 Å². The van der Waals surface area contributed by atoms with E-state index in [0.29, 0.717) is 12.1 Å². The summed E-state index contributed by atoms with van der Waals surface area (Å²) >= 11 is 0. The molecule has 0 aromatic heterocycles. The zero-order valence-corrected chi connectivity index (χ0v) is 11.3. The minimum Gasteiger partial charge on any atom is -0.293 e. The number of carbonyl (C=O) groups excluding carboxylic acids is 1. The number of rotatable bonds is 7. The number of nitrogens with one attached hydrogen (secondary N) is 2. The Morgan fingerprint density at radius 3 is 2.33 bits per heavy atom. The van der Waals surface area contributed by atoms with Crippen LogP contribution in [-0.4, -0.2) is 27.3 Å². The third-order valence-corrected chi connectivity index (χ3v) is 3.27. The number of benzene rings is 1. The van der Waals surface area contributed by atoms with E-state index >= 15 is 0 Å². The minimum atomic E-state index is -3.60. The van der Waals surface area contributed by atoms with E-state index in [-0.39, 0.29) is 18.2 Å². The predicted molar refractivity (Wildman–Crippen MR) is 70.5 cm³/mol. The normalized spacial score (nSPS) is 11.7. The first-order valence-electron chi connectivity index (χ1n) is 5.73. The standard InChI is InChI=1S/C12H18N2O3S/c1-10(2)8-13-18(16,17)14-9-12(15)11-6-4-3-5-7-11/h3-7,10,13-14H,8-9H2,1-2H3. The van der Waals surface area contributed by atoms with Gasteiger partial charge in [-0.3, -0.25) is 4.79 Å². The molecule has 0 fully saturated rings. The molecule has 0 amide bonds. The second-order valence-electron chi connectivity index (χ2n) is 4.36.